The maximum Gasteiger partial charge on any atom is 0.227 e. The Morgan fingerprint density at radius 3 is 2.85 bits per heavy atom. The first kappa shape index (κ1) is 14.7. The van der Waals surface area contributed by atoms with Crippen molar-refractivity contribution >= 4 is 23.5 Å². The molecule has 1 N–H and O–H groups in total. The monoisotopic (exact) mass is 314 g/mol. The molecule has 0 spiro atoms. The predicted octanol–water partition coefficient (Wildman–Crippen LogP) is 3.07. The molecule has 2 aliphatic rings. The molecule has 0 bridgehead atoms. The Bertz CT molecular complexity index is 441. The van der Waals surface area contributed by atoms with Gasteiger partial charge in [-0.05, 0) is 18.8 Å². The summed E-state index contributed by atoms with van der Waals surface area (Å²) in [5.74, 6) is 4.21. The second kappa shape index (κ2) is 6.71. The van der Waals surface area contributed by atoms with Gasteiger partial charge in [0.05, 0.1) is 11.4 Å². The van der Waals surface area contributed by atoms with Gasteiger partial charge in [-0.1, -0.05) is 24.9 Å². The van der Waals surface area contributed by atoms with Gasteiger partial charge in [0.2, 0.25) is 5.89 Å². The van der Waals surface area contributed by atoms with E-state index in [1.54, 1.807) is 0 Å². The summed E-state index contributed by atoms with van der Waals surface area (Å²) >= 11 is 3.91. The first-order valence-corrected chi connectivity index (χ1v) is 9.57. The number of rotatable bonds is 3. The topological polar surface area (TPSA) is 59.2 Å². The molecule has 6 heteroatoms. The highest BCUT2D eigenvalue weighted by atomic mass is 32.2. The van der Waals surface area contributed by atoms with E-state index >= 15 is 0 Å². The van der Waals surface area contributed by atoms with Gasteiger partial charge >= 0.3 is 0 Å². The van der Waals surface area contributed by atoms with Crippen LogP contribution in [0.25, 0.3) is 0 Å². The molecule has 0 aromatic carbocycles. The summed E-state index contributed by atoms with van der Waals surface area (Å²) in [6.07, 6.45) is 4.86. The quantitative estimate of drug-likeness (QED) is 0.925. The van der Waals surface area contributed by atoms with Crippen molar-refractivity contribution in [3.8, 4) is 0 Å². The van der Waals surface area contributed by atoms with Crippen molar-refractivity contribution in [3.05, 3.63) is 11.7 Å². The van der Waals surface area contributed by atoms with Gasteiger partial charge in [-0.15, -0.1) is 11.8 Å². The van der Waals surface area contributed by atoms with Gasteiger partial charge in [-0.2, -0.15) is 16.7 Å². The molecule has 2 heterocycles. The summed E-state index contributed by atoms with van der Waals surface area (Å²) in [4.78, 5) is 4.59. The summed E-state index contributed by atoms with van der Waals surface area (Å²) in [6, 6.07) is 0. The van der Waals surface area contributed by atoms with Crippen LogP contribution >= 0.6 is 23.5 Å². The minimum Gasteiger partial charge on any atom is -0.393 e. The van der Waals surface area contributed by atoms with Crippen LogP contribution in [-0.2, 0) is 6.42 Å². The van der Waals surface area contributed by atoms with Crippen LogP contribution in [-0.4, -0.2) is 38.1 Å². The predicted molar refractivity (Wildman–Crippen MR) is 83.1 cm³/mol. The molecule has 4 atom stereocenters. The van der Waals surface area contributed by atoms with Crippen LogP contribution in [0.15, 0.2) is 4.52 Å². The minimum absolute atomic E-state index is 0.197. The van der Waals surface area contributed by atoms with E-state index in [9.17, 15) is 5.11 Å². The molecule has 1 saturated heterocycles. The van der Waals surface area contributed by atoms with Crippen LogP contribution in [0.5, 0.6) is 0 Å². The highest BCUT2D eigenvalue weighted by Gasteiger charge is 2.30. The summed E-state index contributed by atoms with van der Waals surface area (Å²) in [5, 5.41) is 15.1. The number of aliphatic hydroxyl groups excluding tert-OH is 1. The van der Waals surface area contributed by atoms with Crippen molar-refractivity contribution in [2.75, 3.05) is 11.5 Å². The zero-order valence-electron chi connectivity index (χ0n) is 11.8. The Kier molecular flexibility index (Phi) is 4.94. The lowest BCUT2D eigenvalue weighted by atomic mass is 9.84. The molecular formula is C14H22N2O2S2. The van der Waals surface area contributed by atoms with E-state index in [4.69, 9.17) is 4.52 Å². The maximum absolute atomic E-state index is 10.0. The molecule has 20 heavy (non-hydrogen) atoms. The van der Waals surface area contributed by atoms with E-state index < -0.39 is 0 Å². The van der Waals surface area contributed by atoms with E-state index in [2.05, 4.69) is 17.1 Å². The molecule has 0 amide bonds. The molecule has 1 saturated carbocycles. The van der Waals surface area contributed by atoms with Crippen molar-refractivity contribution in [2.45, 2.75) is 55.6 Å². The molecule has 3 rings (SSSR count). The van der Waals surface area contributed by atoms with Crippen molar-refractivity contribution in [2.24, 2.45) is 5.92 Å². The van der Waals surface area contributed by atoms with Crippen LogP contribution in [0, 0.1) is 5.92 Å². The molecule has 4 unspecified atom stereocenters. The highest BCUT2D eigenvalue weighted by molar-refractivity contribution is 8.06. The number of hydrogen-bond donors (Lipinski definition) is 1. The van der Waals surface area contributed by atoms with Gasteiger partial charge in [0.15, 0.2) is 5.82 Å². The SMILES string of the molecule is CC1SCCSC1c1noc(CC2CCCCC2O)n1. The molecule has 112 valence electrons. The van der Waals surface area contributed by atoms with Crippen LogP contribution in [0.4, 0.5) is 0 Å². The fraction of sp³-hybridized carbons (Fsp3) is 0.857. The summed E-state index contributed by atoms with van der Waals surface area (Å²) in [5.41, 5.74) is 0. The minimum atomic E-state index is -0.197. The fourth-order valence-electron chi connectivity index (χ4n) is 3.03. The number of nitrogens with zero attached hydrogens (tertiary/aromatic N) is 2. The smallest absolute Gasteiger partial charge is 0.227 e. The standard InChI is InChI=1S/C14H22N2O2S2/c1-9-13(20-7-6-19-9)14-15-12(18-16-14)8-10-4-2-3-5-11(10)17/h9-11,13,17H,2-8H2,1H3. The Morgan fingerprint density at radius 2 is 2.05 bits per heavy atom. The maximum atomic E-state index is 10.0. The van der Waals surface area contributed by atoms with Gasteiger partial charge in [-0.3, -0.25) is 0 Å². The Balaban J connectivity index is 1.64. The number of aliphatic hydroxyl groups is 1. The van der Waals surface area contributed by atoms with Crippen molar-refractivity contribution in [1.29, 1.82) is 0 Å². The van der Waals surface area contributed by atoms with Gasteiger partial charge < -0.3 is 9.63 Å². The molecular weight excluding hydrogens is 292 g/mol. The molecule has 4 nitrogen and oxygen atoms in total. The van der Waals surface area contributed by atoms with Gasteiger partial charge in [-0.25, -0.2) is 0 Å². The summed E-state index contributed by atoms with van der Waals surface area (Å²) in [6.45, 7) is 2.24. The average Bonchev–Trinajstić information content (AvgIpc) is 2.90. The number of thioether (sulfide) groups is 2. The van der Waals surface area contributed by atoms with E-state index in [1.807, 2.05) is 23.5 Å². The third-order valence-corrected chi connectivity index (χ3v) is 7.32. The van der Waals surface area contributed by atoms with Gasteiger partial charge in [0, 0.05) is 23.2 Å². The second-order valence-electron chi connectivity index (χ2n) is 5.73. The molecule has 1 aliphatic heterocycles. The molecule has 2 fully saturated rings. The molecule has 0 radical (unpaired) electrons. The van der Waals surface area contributed by atoms with E-state index in [0.29, 0.717) is 22.3 Å². The fourth-order valence-corrected chi connectivity index (χ4v) is 5.71. The van der Waals surface area contributed by atoms with Crippen molar-refractivity contribution < 1.29 is 9.63 Å². The molecule has 1 aliphatic carbocycles. The lowest BCUT2D eigenvalue weighted by Crippen LogP contribution is -2.26. The Labute approximate surface area is 128 Å². The lowest BCUT2D eigenvalue weighted by Gasteiger charge is -2.26. The zero-order chi connectivity index (χ0) is 13.9. The van der Waals surface area contributed by atoms with E-state index in [-0.39, 0.29) is 6.10 Å². The van der Waals surface area contributed by atoms with Crippen LogP contribution < -0.4 is 0 Å². The highest BCUT2D eigenvalue weighted by Crippen LogP contribution is 2.41. The Hall–Kier alpha value is -0.200. The van der Waals surface area contributed by atoms with Crippen LogP contribution in [0.3, 0.4) is 0 Å². The zero-order valence-corrected chi connectivity index (χ0v) is 13.5. The van der Waals surface area contributed by atoms with E-state index in [1.165, 1.54) is 12.2 Å². The van der Waals surface area contributed by atoms with Crippen molar-refractivity contribution in [3.63, 3.8) is 0 Å². The summed E-state index contributed by atoms with van der Waals surface area (Å²) < 4.78 is 5.42. The molecule has 1 aromatic heterocycles. The first-order valence-electron chi connectivity index (χ1n) is 7.48. The summed E-state index contributed by atoms with van der Waals surface area (Å²) in [7, 11) is 0. The normalized spacial score (nSPS) is 35.1. The largest absolute Gasteiger partial charge is 0.393 e. The first-order chi connectivity index (χ1) is 9.74. The Morgan fingerprint density at radius 1 is 1.25 bits per heavy atom. The lowest BCUT2D eigenvalue weighted by molar-refractivity contribution is 0.0657. The van der Waals surface area contributed by atoms with Crippen molar-refractivity contribution in [1.82, 2.24) is 10.1 Å². The third kappa shape index (κ3) is 3.34. The number of aromatic nitrogens is 2. The van der Waals surface area contributed by atoms with Gasteiger partial charge in [0.1, 0.15) is 0 Å². The van der Waals surface area contributed by atoms with Crippen LogP contribution in [0.1, 0.15) is 49.6 Å². The second-order valence-corrected chi connectivity index (χ2v) is 8.46. The molecule has 1 aromatic rings. The average molecular weight is 314 g/mol. The third-order valence-electron chi connectivity index (χ3n) is 4.23. The van der Waals surface area contributed by atoms with E-state index in [0.717, 1.165) is 37.3 Å². The van der Waals surface area contributed by atoms with Gasteiger partial charge in [0.25, 0.3) is 0 Å². The van der Waals surface area contributed by atoms with Crippen LogP contribution in [0.2, 0.25) is 0 Å². The number of hydrogen-bond acceptors (Lipinski definition) is 6.